The zero-order chi connectivity index (χ0) is 19.7. The molecule has 3 aliphatic rings. The summed E-state index contributed by atoms with van der Waals surface area (Å²) in [4.78, 5) is 17.4. The first-order valence-electron chi connectivity index (χ1n) is 10.6. The maximum atomic E-state index is 12.6. The fourth-order valence-corrected chi connectivity index (χ4v) is 5.46. The predicted molar refractivity (Wildman–Crippen MR) is 109 cm³/mol. The number of piperidine rings is 2. The van der Waals surface area contributed by atoms with Gasteiger partial charge < -0.3 is 19.7 Å². The van der Waals surface area contributed by atoms with E-state index in [0.717, 1.165) is 69.8 Å². The van der Waals surface area contributed by atoms with Gasteiger partial charge in [0.25, 0.3) is 0 Å². The first-order valence-corrected chi connectivity index (χ1v) is 10.6. The third-order valence-electron chi connectivity index (χ3n) is 6.82. The van der Waals surface area contributed by atoms with Crippen LogP contribution in [0.2, 0.25) is 0 Å². The SMILES string of the molecule is COc1cc2c(cc1OC)C1CC(N(C(C)=O)C3CCNCC3)CCN1CC2. The number of amides is 1. The summed E-state index contributed by atoms with van der Waals surface area (Å²) in [5, 5.41) is 3.42. The van der Waals surface area contributed by atoms with Crippen molar-refractivity contribution < 1.29 is 14.3 Å². The molecule has 154 valence electrons. The number of hydrogen-bond donors (Lipinski definition) is 1. The fraction of sp³-hybridized carbons (Fsp3) is 0.682. The number of rotatable bonds is 4. The molecule has 3 heterocycles. The molecule has 0 aromatic heterocycles. The van der Waals surface area contributed by atoms with Crippen molar-refractivity contribution in [1.82, 2.24) is 15.1 Å². The molecule has 1 amide bonds. The largest absolute Gasteiger partial charge is 0.493 e. The fourth-order valence-electron chi connectivity index (χ4n) is 5.46. The van der Waals surface area contributed by atoms with E-state index in [1.807, 2.05) is 0 Å². The van der Waals surface area contributed by atoms with Gasteiger partial charge in [0, 0.05) is 38.1 Å². The Bertz CT molecular complexity index is 717. The zero-order valence-corrected chi connectivity index (χ0v) is 17.4. The zero-order valence-electron chi connectivity index (χ0n) is 17.4. The second kappa shape index (κ2) is 8.29. The van der Waals surface area contributed by atoms with Crippen molar-refractivity contribution >= 4 is 5.91 Å². The highest BCUT2D eigenvalue weighted by atomic mass is 16.5. The lowest BCUT2D eigenvalue weighted by Crippen LogP contribution is -2.54. The van der Waals surface area contributed by atoms with Crippen LogP contribution in [0.15, 0.2) is 12.1 Å². The molecule has 1 aromatic carbocycles. The van der Waals surface area contributed by atoms with E-state index in [1.165, 1.54) is 11.1 Å². The van der Waals surface area contributed by atoms with E-state index in [0.29, 0.717) is 18.1 Å². The number of carbonyl (C=O) groups excluding carboxylic acids is 1. The number of ether oxygens (including phenoxy) is 2. The lowest BCUT2D eigenvalue weighted by atomic mass is 9.83. The first-order chi connectivity index (χ1) is 13.6. The first kappa shape index (κ1) is 19.5. The molecule has 2 saturated heterocycles. The van der Waals surface area contributed by atoms with Gasteiger partial charge in [0.05, 0.1) is 14.2 Å². The second-order valence-electron chi connectivity index (χ2n) is 8.29. The Labute approximate surface area is 168 Å². The Morgan fingerprint density at radius 1 is 1.07 bits per heavy atom. The monoisotopic (exact) mass is 387 g/mol. The van der Waals surface area contributed by atoms with Gasteiger partial charge in [-0.1, -0.05) is 0 Å². The van der Waals surface area contributed by atoms with E-state index in [-0.39, 0.29) is 5.91 Å². The minimum absolute atomic E-state index is 0.230. The van der Waals surface area contributed by atoms with Gasteiger partial charge >= 0.3 is 0 Å². The van der Waals surface area contributed by atoms with Gasteiger partial charge in [-0.2, -0.15) is 0 Å². The molecule has 0 bridgehead atoms. The Balaban J connectivity index is 1.60. The molecule has 1 N–H and O–H groups in total. The second-order valence-corrected chi connectivity index (χ2v) is 8.29. The molecule has 0 aliphatic carbocycles. The van der Waals surface area contributed by atoms with E-state index in [2.05, 4.69) is 27.2 Å². The number of carbonyl (C=O) groups is 1. The van der Waals surface area contributed by atoms with Crippen LogP contribution in [0.1, 0.15) is 49.8 Å². The summed E-state index contributed by atoms with van der Waals surface area (Å²) >= 11 is 0. The van der Waals surface area contributed by atoms with Crippen LogP contribution < -0.4 is 14.8 Å². The van der Waals surface area contributed by atoms with Crippen molar-refractivity contribution in [3.8, 4) is 11.5 Å². The standard InChI is InChI=1S/C22H33N3O3/c1-15(26)25(17-4-8-23-9-5-17)18-7-11-24-10-6-16-12-21(27-2)22(28-3)14-19(16)20(24)13-18/h12,14,17-18,20,23H,4-11,13H2,1-3H3. The summed E-state index contributed by atoms with van der Waals surface area (Å²) in [7, 11) is 3.39. The third-order valence-corrected chi connectivity index (χ3v) is 6.82. The van der Waals surface area contributed by atoms with Gasteiger partial charge in [-0.05, 0) is 68.5 Å². The van der Waals surface area contributed by atoms with Gasteiger partial charge in [-0.15, -0.1) is 0 Å². The van der Waals surface area contributed by atoms with Gasteiger partial charge in [0.1, 0.15) is 0 Å². The smallest absolute Gasteiger partial charge is 0.219 e. The molecule has 2 unspecified atom stereocenters. The average molecular weight is 388 g/mol. The van der Waals surface area contributed by atoms with E-state index in [4.69, 9.17) is 9.47 Å². The summed E-state index contributed by atoms with van der Waals surface area (Å²) in [6.45, 7) is 5.90. The lowest BCUT2D eigenvalue weighted by Gasteiger charge is -2.48. The Kier molecular flexibility index (Phi) is 5.78. The number of hydrogen-bond acceptors (Lipinski definition) is 5. The van der Waals surface area contributed by atoms with Gasteiger partial charge in [0.2, 0.25) is 5.91 Å². The van der Waals surface area contributed by atoms with Crippen LogP contribution in [0.3, 0.4) is 0 Å². The van der Waals surface area contributed by atoms with E-state index >= 15 is 0 Å². The average Bonchev–Trinajstić information content (AvgIpc) is 2.73. The summed E-state index contributed by atoms with van der Waals surface area (Å²) in [6.07, 6.45) is 5.24. The van der Waals surface area contributed by atoms with Crippen LogP contribution in [0.5, 0.6) is 11.5 Å². The molecule has 0 radical (unpaired) electrons. The molecule has 3 aliphatic heterocycles. The molecule has 0 spiro atoms. The van der Waals surface area contributed by atoms with Crippen LogP contribution in [-0.4, -0.2) is 68.2 Å². The Morgan fingerprint density at radius 3 is 2.46 bits per heavy atom. The summed E-state index contributed by atoms with van der Waals surface area (Å²) in [5.41, 5.74) is 2.71. The molecule has 1 aromatic rings. The molecule has 6 heteroatoms. The summed E-state index contributed by atoms with van der Waals surface area (Å²) in [6, 6.07) is 5.36. The molecular weight excluding hydrogens is 354 g/mol. The topological polar surface area (TPSA) is 54.0 Å². The molecule has 4 rings (SSSR count). The number of methoxy groups -OCH3 is 2. The predicted octanol–water partition coefficient (Wildman–Crippen LogP) is 2.37. The van der Waals surface area contributed by atoms with Crippen molar-refractivity contribution in [2.75, 3.05) is 40.4 Å². The number of fused-ring (bicyclic) bond motifs is 3. The Hall–Kier alpha value is -1.79. The van der Waals surface area contributed by atoms with Gasteiger partial charge in [-0.25, -0.2) is 0 Å². The van der Waals surface area contributed by atoms with Crippen LogP contribution in [0.4, 0.5) is 0 Å². The normalized spacial score (nSPS) is 25.5. The maximum Gasteiger partial charge on any atom is 0.219 e. The molecule has 28 heavy (non-hydrogen) atoms. The Morgan fingerprint density at radius 2 is 1.79 bits per heavy atom. The van der Waals surface area contributed by atoms with Crippen molar-refractivity contribution in [3.05, 3.63) is 23.3 Å². The number of benzene rings is 1. The van der Waals surface area contributed by atoms with E-state index < -0.39 is 0 Å². The molecular formula is C22H33N3O3. The van der Waals surface area contributed by atoms with Crippen LogP contribution >= 0.6 is 0 Å². The highest BCUT2D eigenvalue weighted by Crippen LogP contribution is 2.43. The quantitative estimate of drug-likeness (QED) is 0.860. The number of nitrogens with one attached hydrogen (secondary N) is 1. The van der Waals surface area contributed by atoms with Crippen molar-refractivity contribution in [2.24, 2.45) is 0 Å². The molecule has 6 nitrogen and oxygen atoms in total. The van der Waals surface area contributed by atoms with Crippen molar-refractivity contribution in [1.29, 1.82) is 0 Å². The summed E-state index contributed by atoms with van der Waals surface area (Å²) < 4.78 is 11.1. The van der Waals surface area contributed by atoms with Crippen LogP contribution in [-0.2, 0) is 11.2 Å². The minimum atomic E-state index is 0.230. The molecule has 0 saturated carbocycles. The highest BCUT2D eigenvalue weighted by Gasteiger charge is 2.39. The summed E-state index contributed by atoms with van der Waals surface area (Å²) in [5.74, 6) is 1.84. The van der Waals surface area contributed by atoms with Crippen LogP contribution in [0.25, 0.3) is 0 Å². The van der Waals surface area contributed by atoms with Gasteiger partial charge in [-0.3, -0.25) is 9.69 Å². The van der Waals surface area contributed by atoms with Gasteiger partial charge in [0.15, 0.2) is 11.5 Å². The van der Waals surface area contributed by atoms with E-state index in [1.54, 1.807) is 21.1 Å². The maximum absolute atomic E-state index is 12.6. The van der Waals surface area contributed by atoms with Crippen LogP contribution in [0, 0.1) is 0 Å². The highest BCUT2D eigenvalue weighted by molar-refractivity contribution is 5.74. The number of nitrogens with zero attached hydrogens (tertiary/aromatic N) is 2. The van der Waals surface area contributed by atoms with E-state index in [9.17, 15) is 4.79 Å². The lowest BCUT2D eigenvalue weighted by molar-refractivity contribution is -0.136. The van der Waals surface area contributed by atoms with Crippen molar-refractivity contribution in [3.63, 3.8) is 0 Å². The third kappa shape index (κ3) is 3.60. The van der Waals surface area contributed by atoms with Crippen molar-refractivity contribution in [2.45, 2.75) is 57.2 Å². The molecule has 2 fully saturated rings. The minimum Gasteiger partial charge on any atom is -0.493 e. The molecule has 2 atom stereocenters.